The number of benzene rings is 1. The molecule has 0 atom stereocenters. The van der Waals surface area contributed by atoms with E-state index in [-0.39, 0.29) is 5.60 Å². The summed E-state index contributed by atoms with van der Waals surface area (Å²) in [6.45, 7) is 4.71. The second kappa shape index (κ2) is 5.55. The van der Waals surface area contributed by atoms with Gasteiger partial charge in [0.2, 0.25) is 0 Å². The smallest absolute Gasteiger partial charge is 0.0794 e. The third kappa shape index (κ3) is 3.97. The summed E-state index contributed by atoms with van der Waals surface area (Å²) < 4.78 is 5.32. The standard InChI is InChI=1S/C13H19N3O/c1-13(2,17-3)9-16-11-4-5-12(15)10(8-11)6-7-14/h4-5,8,16H,6,9,15H2,1-3H3. The van der Waals surface area contributed by atoms with Crippen LogP contribution < -0.4 is 11.1 Å². The second-order valence-corrected chi connectivity index (χ2v) is 4.57. The molecule has 1 rings (SSSR count). The maximum absolute atomic E-state index is 8.69. The van der Waals surface area contributed by atoms with Crippen LogP contribution in [-0.4, -0.2) is 19.3 Å². The Labute approximate surface area is 102 Å². The molecule has 0 amide bonds. The Bertz CT molecular complexity index is 421. The Balaban J connectivity index is 2.73. The fourth-order valence-electron chi connectivity index (χ4n) is 1.34. The van der Waals surface area contributed by atoms with Crippen molar-refractivity contribution in [3.8, 4) is 6.07 Å². The monoisotopic (exact) mass is 233 g/mol. The largest absolute Gasteiger partial charge is 0.398 e. The third-order valence-corrected chi connectivity index (χ3v) is 2.68. The van der Waals surface area contributed by atoms with Gasteiger partial charge in [0.25, 0.3) is 0 Å². The first kappa shape index (κ1) is 13.3. The van der Waals surface area contributed by atoms with Gasteiger partial charge in [-0.15, -0.1) is 0 Å². The van der Waals surface area contributed by atoms with E-state index in [1.165, 1.54) is 0 Å². The zero-order valence-electron chi connectivity index (χ0n) is 10.6. The highest BCUT2D eigenvalue weighted by molar-refractivity contribution is 5.58. The van der Waals surface area contributed by atoms with Gasteiger partial charge >= 0.3 is 0 Å². The lowest BCUT2D eigenvalue weighted by Crippen LogP contribution is -2.32. The summed E-state index contributed by atoms with van der Waals surface area (Å²) in [5, 5.41) is 12.0. The molecule has 0 bridgehead atoms. The number of nitrogens with one attached hydrogen (secondary N) is 1. The maximum Gasteiger partial charge on any atom is 0.0794 e. The molecular weight excluding hydrogens is 214 g/mol. The van der Waals surface area contributed by atoms with E-state index >= 15 is 0 Å². The first-order chi connectivity index (χ1) is 7.98. The van der Waals surface area contributed by atoms with Crippen LogP contribution in [0.2, 0.25) is 0 Å². The fourth-order valence-corrected chi connectivity index (χ4v) is 1.34. The lowest BCUT2D eigenvalue weighted by molar-refractivity contribution is 0.0344. The van der Waals surface area contributed by atoms with Crippen LogP contribution in [0.1, 0.15) is 19.4 Å². The predicted molar refractivity (Wildman–Crippen MR) is 69.7 cm³/mol. The zero-order chi connectivity index (χ0) is 12.9. The van der Waals surface area contributed by atoms with Gasteiger partial charge in [0, 0.05) is 25.0 Å². The highest BCUT2D eigenvalue weighted by Gasteiger charge is 2.15. The van der Waals surface area contributed by atoms with Gasteiger partial charge in [-0.05, 0) is 37.6 Å². The topological polar surface area (TPSA) is 71.1 Å². The molecule has 4 heteroatoms. The second-order valence-electron chi connectivity index (χ2n) is 4.57. The van der Waals surface area contributed by atoms with Crippen LogP contribution in [0.4, 0.5) is 11.4 Å². The maximum atomic E-state index is 8.69. The summed E-state index contributed by atoms with van der Waals surface area (Å²) in [5.41, 5.74) is 8.02. The number of anilines is 2. The number of ether oxygens (including phenoxy) is 1. The van der Waals surface area contributed by atoms with Crippen molar-refractivity contribution in [3.05, 3.63) is 23.8 Å². The molecule has 0 unspecified atom stereocenters. The first-order valence-electron chi connectivity index (χ1n) is 5.53. The molecule has 0 aliphatic rings. The Morgan fingerprint density at radius 1 is 1.47 bits per heavy atom. The van der Waals surface area contributed by atoms with E-state index in [2.05, 4.69) is 11.4 Å². The summed E-state index contributed by atoms with van der Waals surface area (Å²) in [5.74, 6) is 0. The van der Waals surface area contributed by atoms with Crippen LogP contribution in [0.5, 0.6) is 0 Å². The van der Waals surface area contributed by atoms with E-state index in [4.69, 9.17) is 15.7 Å². The zero-order valence-corrected chi connectivity index (χ0v) is 10.6. The Kier molecular flexibility index (Phi) is 4.36. The minimum atomic E-state index is -0.225. The third-order valence-electron chi connectivity index (χ3n) is 2.68. The molecule has 0 fully saturated rings. The minimum absolute atomic E-state index is 0.225. The van der Waals surface area contributed by atoms with Gasteiger partial charge in [0.05, 0.1) is 18.1 Å². The van der Waals surface area contributed by atoms with Crippen molar-refractivity contribution in [3.63, 3.8) is 0 Å². The highest BCUT2D eigenvalue weighted by Crippen LogP contribution is 2.19. The first-order valence-corrected chi connectivity index (χ1v) is 5.53. The van der Waals surface area contributed by atoms with E-state index in [0.717, 1.165) is 11.3 Å². The molecule has 1 aromatic rings. The van der Waals surface area contributed by atoms with Gasteiger partial charge in [0.1, 0.15) is 0 Å². The van der Waals surface area contributed by atoms with Crippen molar-refractivity contribution in [2.45, 2.75) is 25.9 Å². The summed E-state index contributed by atoms with van der Waals surface area (Å²) in [7, 11) is 1.69. The molecule has 0 spiro atoms. The number of hydrogen-bond acceptors (Lipinski definition) is 4. The van der Waals surface area contributed by atoms with Gasteiger partial charge in [-0.2, -0.15) is 5.26 Å². The SMILES string of the molecule is COC(C)(C)CNc1ccc(N)c(CC#N)c1. The van der Waals surface area contributed by atoms with Gasteiger partial charge in [-0.25, -0.2) is 0 Å². The van der Waals surface area contributed by atoms with E-state index in [1.54, 1.807) is 7.11 Å². The molecule has 0 saturated carbocycles. The summed E-state index contributed by atoms with van der Waals surface area (Å²) in [4.78, 5) is 0. The van der Waals surface area contributed by atoms with E-state index < -0.39 is 0 Å². The molecule has 0 saturated heterocycles. The lowest BCUT2D eigenvalue weighted by Gasteiger charge is -2.24. The van der Waals surface area contributed by atoms with Crippen molar-refractivity contribution in [2.75, 3.05) is 24.7 Å². The summed E-state index contributed by atoms with van der Waals surface area (Å²) >= 11 is 0. The van der Waals surface area contributed by atoms with Crippen LogP contribution in [0.25, 0.3) is 0 Å². The predicted octanol–water partition coefficient (Wildman–Crippen LogP) is 2.17. The number of methoxy groups -OCH3 is 1. The average molecular weight is 233 g/mol. The van der Waals surface area contributed by atoms with Crippen LogP contribution in [-0.2, 0) is 11.2 Å². The molecule has 3 N–H and O–H groups in total. The lowest BCUT2D eigenvalue weighted by atomic mass is 10.1. The Morgan fingerprint density at radius 2 is 2.18 bits per heavy atom. The number of rotatable bonds is 5. The van der Waals surface area contributed by atoms with E-state index in [9.17, 15) is 0 Å². The molecule has 92 valence electrons. The van der Waals surface area contributed by atoms with Crippen LogP contribution in [0.3, 0.4) is 0 Å². The van der Waals surface area contributed by atoms with Crippen molar-refractivity contribution in [1.29, 1.82) is 5.26 Å². The minimum Gasteiger partial charge on any atom is -0.398 e. The molecule has 4 nitrogen and oxygen atoms in total. The molecular formula is C13H19N3O. The number of nitrogens with two attached hydrogens (primary N) is 1. The summed E-state index contributed by atoms with van der Waals surface area (Å²) in [6, 6.07) is 7.73. The highest BCUT2D eigenvalue weighted by atomic mass is 16.5. The number of nitrogen functional groups attached to an aromatic ring is 1. The van der Waals surface area contributed by atoms with Gasteiger partial charge < -0.3 is 15.8 Å². The van der Waals surface area contributed by atoms with Crippen molar-refractivity contribution >= 4 is 11.4 Å². The van der Waals surface area contributed by atoms with Crippen molar-refractivity contribution in [1.82, 2.24) is 0 Å². The van der Waals surface area contributed by atoms with Gasteiger partial charge in [0.15, 0.2) is 0 Å². The fraction of sp³-hybridized carbons (Fsp3) is 0.462. The Morgan fingerprint density at radius 3 is 2.76 bits per heavy atom. The molecule has 0 aromatic heterocycles. The molecule has 0 aliphatic heterocycles. The van der Waals surface area contributed by atoms with Gasteiger partial charge in [-0.3, -0.25) is 0 Å². The van der Waals surface area contributed by atoms with Crippen molar-refractivity contribution < 1.29 is 4.74 Å². The van der Waals surface area contributed by atoms with Gasteiger partial charge in [-0.1, -0.05) is 0 Å². The molecule has 1 aromatic carbocycles. The quantitative estimate of drug-likeness (QED) is 0.765. The van der Waals surface area contributed by atoms with Crippen molar-refractivity contribution in [2.24, 2.45) is 0 Å². The van der Waals surface area contributed by atoms with Crippen LogP contribution >= 0.6 is 0 Å². The summed E-state index contributed by atoms with van der Waals surface area (Å²) in [6.07, 6.45) is 0.328. The number of hydrogen-bond donors (Lipinski definition) is 2. The van der Waals surface area contributed by atoms with Crippen LogP contribution in [0, 0.1) is 11.3 Å². The van der Waals surface area contributed by atoms with E-state index in [1.807, 2.05) is 32.0 Å². The normalized spacial score (nSPS) is 10.9. The Hall–Kier alpha value is -1.73. The molecule has 0 heterocycles. The number of nitrogens with zero attached hydrogens (tertiary/aromatic N) is 1. The number of nitriles is 1. The molecule has 17 heavy (non-hydrogen) atoms. The van der Waals surface area contributed by atoms with Crippen LogP contribution in [0.15, 0.2) is 18.2 Å². The van der Waals surface area contributed by atoms with E-state index in [0.29, 0.717) is 18.7 Å². The average Bonchev–Trinajstić information content (AvgIpc) is 2.31. The molecule has 0 radical (unpaired) electrons. The molecule has 0 aliphatic carbocycles.